The average Bonchev–Trinajstić information content (AvgIpc) is 2.26. The molecule has 0 spiro atoms. The lowest BCUT2D eigenvalue weighted by Crippen LogP contribution is -2.00. The van der Waals surface area contributed by atoms with E-state index in [1.54, 1.807) is 12.1 Å². The van der Waals surface area contributed by atoms with Crippen molar-refractivity contribution in [3.63, 3.8) is 0 Å². The summed E-state index contributed by atoms with van der Waals surface area (Å²) in [7, 11) is 1.39. The minimum atomic E-state index is -0.278. The number of benzene rings is 1. The van der Waals surface area contributed by atoms with E-state index in [0.29, 0.717) is 5.56 Å². The molecule has 0 aliphatic rings. The Bertz CT molecular complexity index is 293. The standard InChI is InChI=1S/C11H14O2S/c1-3-14-8-9-4-6-10(7-5-9)11(12)13-2/h4-7H,3,8H2,1-2H3. The molecule has 0 aromatic heterocycles. The normalized spacial score (nSPS) is 9.86. The second-order valence-corrected chi connectivity index (χ2v) is 4.10. The number of hydrogen-bond acceptors (Lipinski definition) is 3. The molecule has 2 nitrogen and oxygen atoms in total. The highest BCUT2D eigenvalue weighted by atomic mass is 32.2. The van der Waals surface area contributed by atoms with Crippen LogP contribution in [0.4, 0.5) is 0 Å². The Morgan fingerprint density at radius 3 is 2.50 bits per heavy atom. The van der Waals surface area contributed by atoms with Crippen molar-refractivity contribution >= 4 is 17.7 Å². The predicted molar refractivity (Wildman–Crippen MR) is 59.6 cm³/mol. The van der Waals surface area contributed by atoms with Gasteiger partial charge in [0.15, 0.2) is 0 Å². The molecular formula is C11H14O2S. The third kappa shape index (κ3) is 3.07. The Morgan fingerprint density at radius 2 is 2.00 bits per heavy atom. The molecule has 0 fully saturated rings. The monoisotopic (exact) mass is 210 g/mol. The van der Waals surface area contributed by atoms with Gasteiger partial charge in [0, 0.05) is 5.75 Å². The second kappa shape index (κ2) is 5.70. The van der Waals surface area contributed by atoms with Gasteiger partial charge in [-0.15, -0.1) is 0 Å². The van der Waals surface area contributed by atoms with Crippen molar-refractivity contribution in [2.24, 2.45) is 0 Å². The molecule has 14 heavy (non-hydrogen) atoms. The molecule has 1 rings (SSSR count). The minimum Gasteiger partial charge on any atom is -0.465 e. The number of rotatable bonds is 4. The van der Waals surface area contributed by atoms with Crippen molar-refractivity contribution in [3.8, 4) is 0 Å². The average molecular weight is 210 g/mol. The first-order valence-corrected chi connectivity index (χ1v) is 5.68. The lowest BCUT2D eigenvalue weighted by molar-refractivity contribution is 0.0601. The zero-order valence-electron chi connectivity index (χ0n) is 8.45. The molecule has 0 atom stereocenters. The van der Waals surface area contributed by atoms with Crippen LogP contribution >= 0.6 is 11.8 Å². The number of methoxy groups -OCH3 is 1. The third-order valence-electron chi connectivity index (χ3n) is 1.85. The molecule has 0 unspecified atom stereocenters. The summed E-state index contributed by atoms with van der Waals surface area (Å²) in [5.74, 6) is 1.83. The highest BCUT2D eigenvalue weighted by molar-refractivity contribution is 7.98. The fraction of sp³-hybridized carbons (Fsp3) is 0.364. The smallest absolute Gasteiger partial charge is 0.337 e. The van der Waals surface area contributed by atoms with E-state index in [2.05, 4.69) is 11.7 Å². The van der Waals surface area contributed by atoms with Crippen molar-refractivity contribution in [2.75, 3.05) is 12.9 Å². The molecule has 0 heterocycles. The summed E-state index contributed by atoms with van der Waals surface area (Å²) in [6.07, 6.45) is 0. The van der Waals surface area contributed by atoms with Gasteiger partial charge >= 0.3 is 5.97 Å². The molecule has 0 aliphatic carbocycles. The lowest BCUT2D eigenvalue weighted by Gasteiger charge is -2.01. The summed E-state index contributed by atoms with van der Waals surface area (Å²) < 4.78 is 4.61. The molecule has 0 N–H and O–H groups in total. The van der Waals surface area contributed by atoms with Crippen molar-refractivity contribution < 1.29 is 9.53 Å². The lowest BCUT2D eigenvalue weighted by atomic mass is 10.1. The van der Waals surface area contributed by atoms with E-state index in [1.165, 1.54) is 12.7 Å². The van der Waals surface area contributed by atoms with Crippen molar-refractivity contribution in [1.29, 1.82) is 0 Å². The fourth-order valence-electron chi connectivity index (χ4n) is 1.07. The summed E-state index contributed by atoms with van der Waals surface area (Å²) in [5.41, 5.74) is 1.85. The molecule has 0 saturated heterocycles. The highest BCUT2D eigenvalue weighted by Gasteiger charge is 2.03. The number of esters is 1. The largest absolute Gasteiger partial charge is 0.465 e. The third-order valence-corrected chi connectivity index (χ3v) is 2.79. The van der Waals surface area contributed by atoms with Crippen LogP contribution in [-0.2, 0) is 10.5 Å². The molecule has 0 saturated carbocycles. The van der Waals surface area contributed by atoms with Crippen LogP contribution in [0.3, 0.4) is 0 Å². The highest BCUT2D eigenvalue weighted by Crippen LogP contribution is 2.12. The van der Waals surface area contributed by atoms with Gasteiger partial charge in [0.2, 0.25) is 0 Å². The fourth-order valence-corrected chi connectivity index (χ4v) is 1.71. The molecule has 0 amide bonds. The summed E-state index contributed by atoms with van der Waals surface area (Å²) in [6, 6.07) is 7.54. The van der Waals surface area contributed by atoms with Crippen LogP contribution in [-0.4, -0.2) is 18.8 Å². The molecule has 1 aromatic carbocycles. The van der Waals surface area contributed by atoms with E-state index in [1.807, 2.05) is 23.9 Å². The maximum atomic E-state index is 11.1. The first-order chi connectivity index (χ1) is 6.77. The molecule has 0 aliphatic heterocycles. The topological polar surface area (TPSA) is 26.3 Å². The van der Waals surface area contributed by atoms with E-state index in [4.69, 9.17) is 0 Å². The van der Waals surface area contributed by atoms with Gasteiger partial charge in [-0.3, -0.25) is 0 Å². The first-order valence-electron chi connectivity index (χ1n) is 4.53. The van der Waals surface area contributed by atoms with E-state index in [9.17, 15) is 4.79 Å². The molecule has 0 bridgehead atoms. The molecule has 3 heteroatoms. The Balaban J connectivity index is 2.63. The first kappa shape index (κ1) is 11.1. The summed E-state index contributed by atoms with van der Waals surface area (Å²) in [5, 5.41) is 0. The van der Waals surface area contributed by atoms with Gasteiger partial charge in [-0.2, -0.15) is 11.8 Å². The van der Waals surface area contributed by atoms with Gasteiger partial charge in [-0.05, 0) is 23.4 Å². The number of thioether (sulfide) groups is 1. The SMILES string of the molecule is CCSCc1ccc(C(=O)OC)cc1. The Labute approximate surface area is 88.7 Å². The zero-order chi connectivity index (χ0) is 10.4. The van der Waals surface area contributed by atoms with Crippen molar-refractivity contribution in [3.05, 3.63) is 35.4 Å². The van der Waals surface area contributed by atoms with Crippen LogP contribution in [0.1, 0.15) is 22.8 Å². The van der Waals surface area contributed by atoms with Crippen LogP contribution < -0.4 is 0 Å². The number of ether oxygens (including phenoxy) is 1. The van der Waals surface area contributed by atoms with Crippen LogP contribution in [0.5, 0.6) is 0 Å². The number of hydrogen-bond donors (Lipinski definition) is 0. The minimum absolute atomic E-state index is 0.278. The van der Waals surface area contributed by atoms with Gasteiger partial charge in [0.1, 0.15) is 0 Å². The van der Waals surface area contributed by atoms with Crippen molar-refractivity contribution in [2.45, 2.75) is 12.7 Å². The van der Waals surface area contributed by atoms with Crippen LogP contribution in [0.2, 0.25) is 0 Å². The van der Waals surface area contributed by atoms with Gasteiger partial charge in [-0.25, -0.2) is 4.79 Å². The quantitative estimate of drug-likeness (QED) is 0.715. The summed E-state index contributed by atoms with van der Waals surface area (Å²) >= 11 is 1.87. The van der Waals surface area contributed by atoms with Crippen LogP contribution in [0.25, 0.3) is 0 Å². The molecule has 0 radical (unpaired) electrons. The number of carbonyl (C=O) groups is 1. The van der Waals surface area contributed by atoms with Gasteiger partial charge < -0.3 is 4.74 Å². The van der Waals surface area contributed by atoms with Gasteiger partial charge in [0.25, 0.3) is 0 Å². The van der Waals surface area contributed by atoms with Crippen molar-refractivity contribution in [1.82, 2.24) is 0 Å². The zero-order valence-corrected chi connectivity index (χ0v) is 9.26. The Morgan fingerprint density at radius 1 is 1.36 bits per heavy atom. The molecule has 76 valence electrons. The van der Waals surface area contributed by atoms with E-state index < -0.39 is 0 Å². The maximum absolute atomic E-state index is 11.1. The summed E-state index contributed by atoms with van der Waals surface area (Å²) in [6.45, 7) is 2.13. The Hall–Kier alpha value is -0.960. The van der Waals surface area contributed by atoms with E-state index in [-0.39, 0.29) is 5.97 Å². The van der Waals surface area contributed by atoms with Gasteiger partial charge in [0.05, 0.1) is 12.7 Å². The Kier molecular flexibility index (Phi) is 4.53. The second-order valence-electron chi connectivity index (χ2n) is 2.83. The van der Waals surface area contributed by atoms with Crippen LogP contribution in [0.15, 0.2) is 24.3 Å². The number of carbonyl (C=O) groups excluding carboxylic acids is 1. The molecular weight excluding hydrogens is 196 g/mol. The molecule has 1 aromatic rings. The maximum Gasteiger partial charge on any atom is 0.337 e. The van der Waals surface area contributed by atoms with E-state index in [0.717, 1.165) is 11.5 Å². The van der Waals surface area contributed by atoms with Gasteiger partial charge in [-0.1, -0.05) is 19.1 Å². The van der Waals surface area contributed by atoms with E-state index >= 15 is 0 Å². The predicted octanol–water partition coefficient (Wildman–Crippen LogP) is 2.73. The van der Waals surface area contributed by atoms with Crippen LogP contribution in [0, 0.1) is 0 Å². The summed E-state index contributed by atoms with van der Waals surface area (Å²) in [4.78, 5) is 11.1.